The molecule has 0 spiro atoms. The number of nitrogens with zero attached hydrogens (tertiary/aromatic N) is 1. The molecule has 0 radical (unpaired) electrons. The Morgan fingerprint density at radius 1 is 0.932 bits per heavy atom. The number of alkyl halides is 3. The molecule has 1 heterocycles. The number of hydrogen-bond acceptors (Lipinski definition) is 5. The first kappa shape index (κ1) is 30.5. The zero-order chi connectivity index (χ0) is 31.6. The molecule has 0 aliphatic carbocycles. The number of anilines is 1. The van der Waals surface area contributed by atoms with E-state index in [1.807, 2.05) is 0 Å². The number of para-hydroxylation sites is 1. The first-order valence-corrected chi connectivity index (χ1v) is 14.6. The van der Waals surface area contributed by atoms with Gasteiger partial charge in [0.05, 0.1) is 28.3 Å². The van der Waals surface area contributed by atoms with E-state index in [1.54, 1.807) is 48.5 Å². The molecule has 228 valence electrons. The fraction of sp³-hybridized carbons (Fsp3) is 0.161. The maximum Gasteiger partial charge on any atom is 0.417 e. The smallest absolute Gasteiger partial charge is 0.417 e. The highest BCUT2D eigenvalue weighted by Gasteiger charge is 2.42. The molecule has 0 unspecified atom stereocenters. The topological polar surface area (TPSA) is 113 Å². The van der Waals surface area contributed by atoms with Crippen LogP contribution in [0.2, 0.25) is 0 Å². The molecule has 1 aliphatic heterocycles. The summed E-state index contributed by atoms with van der Waals surface area (Å²) >= 11 is 0. The Hall–Kier alpha value is -4.91. The molecule has 4 aromatic rings. The number of sulfonamides is 1. The summed E-state index contributed by atoms with van der Waals surface area (Å²) in [5, 5.41) is 11.6. The predicted octanol–water partition coefficient (Wildman–Crippen LogP) is 5.52. The average Bonchev–Trinajstić information content (AvgIpc) is 3.40. The largest absolute Gasteiger partial charge is 0.492 e. The van der Waals surface area contributed by atoms with Crippen LogP contribution in [0.1, 0.15) is 21.5 Å². The lowest BCUT2D eigenvalue weighted by Gasteiger charge is -2.26. The van der Waals surface area contributed by atoms with Crippen molar-refractivity contribution >= 4 is 27.6 Å². The monoisotopic (exact) mass is 628 g/mol. The van der Waals surface area contributed by atoms with Crippen molar-refractivity contribution in [3.63, 3.8) is 0 Å². The van der Waals surface area contributed by atoms with Crippen LogP contribution in [0.5, 0.6) is 5.75 Å². The van der Waals surface area contributed by atoms with Crippen molar-refractivity contribution in [3.8, 4) is 16.9 Å². The second-order valence-corrected chi connectivity index (χ2v) is 11.6. The van der Waals surface area contributed by atoms with E-state index in [4.69, 9.17) is 9.84 Å². The maximum absolute atomic E-state index is 13.8. The molecule has 4 aromatic carbocycles. The third kappa shape index (κ3) is 6.23. The zero-order valence-electron chi connectivity index (χ0n) is 22.7. The molecule has 5 rings (SSSR count). The van der Waals surface area contributed by atoms with E-state index in [0.29, 0.717) is 28.4 Å². The van der Waals surface area contributed by atoms with E-state index in [9.17, 15) is 35.6 Å². The van der Waals surface area contributed by atoms with Crippen LogP contribution in [0.4, 0.5) is 23.2 Å². The van der Waals surface area contributed by atoms with E-state index in [-0.39, 0.29) is 30.2 Å². The summed E-state index contributed by atoms with van der Waals surface area (Å²) in [5.41, 5.74) is 0.0271. The molecule has 44 heavy (non-hydrogen) atoms. The molecule has 0 aromatic heterocycles. The Morgan fingerprint density at radius 2 is 1.57 bits per heavy atom. The van der Waals surface area contributed by atoms with E-state index in [1.165, 1.54) is 24.3 Å². The average molecular weight is 629 g/mol. The van der Waals surface area contributed by atoms with E-state index < -0.39 is 51.1 Å². The van der Waals surface area contributed by atoms with E-state index in [0.717, 1.165) is 16.4 Å². The van der Waals surface area contributed by atoms with Crippen molar-refractivity contribution in [2.24, 2.45) is 0 Å². The molecular weight excluding hydrogens is 604 g/mol. The Kier molecular flexibility index (Phi) is 8.33. The first-order chi connectivity index (χ1) is 20.9. The minimum Gasteiger partial charge on any atom is -0.492 e. The minimum atomic E-state index is -4.92. The van der Waals surface area contributed by atoms with E-state index >= 15 is 0 Å². The molecule has 0 bridgehead atoms. The Morgan fingerprint density at radius 3 is 2.20 bits per heavy atom. The Labute approximate surface area is 249 Å². The summed E-state index contributed by atoms with van der Waals surface area (Å²) in [6.45, 7) is -0.444. The van der Waals surface area contributed by atoms with E-state index in [2.05, 4.69) is 5.32 Å². The zero-order valence-corrected chi connectivity index (χ0v) is 23.5. The van der Waals surface area contributed by atoms with Gasteiger partial charge in [-0.3, -0.25) is 9.10 Å². The number of aromatic carboxylic acids is 1. The van der Waals surface area contributed by atoms with Crippen molar-refractivity contribution < 1.29 is 45.4 Å². The summed E-state index contributed by atoms with van der Waals surface area (Å²) in [6.07, 6.45) is -4.84. The van der Waals surface area contributed by atoms with Gasteiger partial charge in [-0.05, 0) is 65.2 Å². The lowest BCUT2D eigenvalue weighted by Crippen LogP contribution is -2.48. The quantitative estimate of drug-likeness (QED) is 0.186. The molecule has 8 nitrogen and oxygen atoms in total. The highest BCUT2D eigenvalue weighted by Crippen LogP contribution is 2.38. The van der Waals surface area contributed by atoms with Crippen molar-refractivity contribution in [3.05, 3.63) is 114 Å². The number of carbonyl (C=O) groups excluding carboxylic acids is 1. The second-order valence-electron chi connectivity index (χ2n) is 9.83. The molecule has 1 atom stereocenters. The van der Waals surface area contributed by atoms with Gasteiger partial charge in [-0.25, -0.2) is 17.6 Å². The van der Waals surface area contributed by atoms with Crippen LogP contribution in [0.15, 0.2) is 95.9 Å². The lowest BCUT2D eigenvalue weighted by atomic mass is 10.1. The van der Waals surface area contributed by atoms with Crippen molar-refractivity contribution in [1.29, 1.82) is 0 Å². The molecule has 13 heteroatoms. The van der Waals surface area contributed by atoms with Crippen LogP contribution in [0.3, 0.4) is 0 Å². The minimum absolute atomic E-state index is 0.0634. The van der Waals surface area contributed by atoms with Crippen LogP contribution in [-0.4, -0.2) is 44.6 Å². The highest BCUT2D eigenvalue weighted by atomic mass is 32.2. The fourth-order valence-electron chi connectivity index (χ4n) is 4.92. The van der Waals surface area contributed by atoms with Crippen LogP contribution >= 0.6 is 0 Å². The number of hydrogen-bond donors (Lipinski definition) is 2. The first-order valence-electron chi connectivity index (χ1n) is 13.2. The molecule has 1 aliphatic rings. The number of benzene rings is 4. The van der Waals surface area contributed by atoms with Crippen LogP contribution in [-0.2, 0) is 27.4 Å². The number of halogens is 4. The number of fused-ring (bicyclic) bond motifs is 1. The third-order valence-electron chi connectivity index (χ3n) is 7.01. The standard InChI is InChI=1S/C31H24F4N2O6S/c32-22-9-5-19(6-10-22)20-7-12-24(13-8-20)44(41,42)37-27-4-2-1-3-21(27)17-28(37)29(38)36-15-16-43-23-11-14-25(30(39)40)26(18-23)31(33,34)35/h1-14,18,28H,15-17H2,(H,36,38)(H,39,40)/t28-/m0/s1. The summed E-state index contributed by atoms with van der Waals surface area (Å²) < 4.78 is 87.2. The third-order valence-corrected chi connectivity index (χ3v) is 8.85. The molecule has 2 N–H and O–H groups in total. The van der Waals surface area contributed by atoms with Crippen molar-refractivity contribution in [1.82, 2.24) is 5.32 Å². The predicted molar refractivity (Wildman–Crippen MR) is 152 cm³/mol. The van der Waals surface area contributed by atoms with Crippen LogP contribution in [0.25, 0.3) is 11.1 Å². The SMILES string of the molecule is O=C(O)c1ccc(OCCNC(=O)[C@@H]2Cc3ccccc3N2S(=O)(=O)c2ccc(-c3ccc(F)cc3)cc2)cc1C(F)(F)F. The summed E-state index contributed by atoms with van der Waals surface area (Å²) in [6, 6.07) is 19.7. The van der Waals surface area contributed by atoms with Crippen LogP contribution in [0, 0.1) is 5.82 Å². The summed E-state index contributed by atoms with van der Waals surface area (Å²) in [7, 11) is -4.23. The van der Waals surface area contributed by atoms with Gasteiger partial charge in [0.1, 0.15) is 24.2 Å². The molecule has 0 fully saturated rings. The molecule has 0 saturated heterocycles. The number of carboxylic acids is 1. The van der Waals surface area contributed by atoms with Crippen molar-refractivity contribution in [2.75, 3.05) is 17.5 Å². The molecule has 1 amide bonds. The van der Waals surface area contributed by atoms with Gasteiger partial charge in [-0.1, -0.05) is 42.5 Å². The molecular formula is C31H24F4N2O6S. The van der Waals surface area contributed by atoms with Gasteiger partial charge in [0.25, 0.3) is 10.0 Å². The van der Waals surface area contributed by atoms with Gasteiger partial charge in [-0.15, -0.1) is 0 Å². The van der Waals surface area contributed by atoms with Crippen LogP contribution < -0.4 is 14.4 Å². The van der Waals surface area contributed by atoms with Gasteiger partial charge in [0, 0.05) is 6.42 Å². The molecule has 0 saturated carbocycles. The second kappa shape index (κ2) is 12.0. The number of amides is 1. The van der Waals surface area contributed by atoms with Gasteiger partial charge in [0.15, 0.2) is 0 Å². The number of carbonyl (C=O) groups is 2. The lowest BCUT2D eigenvalue weighted by molar-refractivity contribution is -0.138. The number of ether oxygens (including phenoxy) is 1. The number of nitrogens with one attached hydrogen (secondary N) is 1. The maximum atomic E-state index is 13.8. The van der Waals surface area contributed by atoms with Gasteiger partial charge >= 0.3 is 12.1 Å². The normalized spacial score (nSPS) is 14.6. The number of carboxylic acid groups (broad SMARTS) is 1. The Balaban J connectivity index is 1.30. The fourth-order valence-corrected chi connectivity index (χ4v) is 6.57. The van der Waals surface area contributed by atoms with Gasteiger partial charge in [-0.2, -0.15) is 13.2 Å². The summed E-state index contributed by atoms with van der Waals surface area (Å²) in [4.78, 5) is 24.4. The Bertz CT molecular complexity index is 1810. The van der Waals surface area contributed by atoms with Crippen molar-refractivity contribution in [2.45, 2.75) is 23.5 Å². The number of rotatable bonds is 9. The highest BCUT2D eigenvalue weighted by molar-refractivity contribution is 7.93. The summed E-state index contributed by atoms with van der Waals surface area (Å²) in [5.74, 6) is -3.04. The van der Waals surface area contributed by atoms with Gasteiger partial charge < -0.3 is 15.2 Å². The van der Waals surface area contributed by atoms with Gasteiger partial charge in [0.2, 0.25) is 5.91 Å².